The molecule has 9 nitrogen and oxygen atoms in total. The molecule has 2 aromatic carbocycles. The molecular formula is C23H21N5O4S. The van der Waals surface area contributed by atoms with Gasteiger partial charge in [-0.3, -0.25) is 9.47 Å². The van der Waals surface area contributed by atoms with E-state index in [1.54, 1.807) is 25.3 Å². The highest BCUT2D eigenvalue weighted by Crippen LogP contribution is 2.34. The zero-order valence-electron chi connectivity index (χ0n) is 17.8. The maximum absolute atomic E-state index is 12.6. The van der Waals surface area contributed by atoms with Gasteiger partial charge in [-0.1, -0.05) is 23.9 Å². The van der Waals surface area contributed by atoms with E-state index in [-0.39, 0.29) is 18.5 Å². The standard InChI is InChI=1S/C23H21N5O4S/c1-30-18-7-4-16(5-8-18)12-21-25-26-23(28(21)27-10-2-3-11-27)33-14-22(29)24-17-6-9-19-20(13-17)32-15-31-19/h2-11,13H,12,14-15H2,1H3,(H,24,29). The van der Waals surface area contributed by atoms with Gasteiger partial charge in [0, 0.05) is 30.6 Å². The molecule has 0 fully saturated rings. The van der Waals surface area contributed by atoms with Crippen LogP contribution in [0.5, 0.6) is 17.2 Å². The topological polar surface area (TPSA) is 92.4 Å². The van der Waals surface area contributed by atoms with E-state index in [9.17, 15) is 4.79 Å². The molecule has 0 spiro atoms. The van der Waals surface area contributed by atoms with Gasteiger partial charge in [-0.2, -0.15) is 0 Å². The lowest BCUT2D eigenvalue weighted by Crippen LogP contribution is -2.16. The largest absolute Gasteiger partial charge is 0.497 e. The summed E-state index contributed by atoms with van der Waals surface area (Å²) in [7, 11) is 1.64. The lowest BCUT2D eigenvalue weighted by Gasteiger charge is -2.11. The predicted molar refractivity (Wildman–Crippen MR) is 123 cm³/mol. The molecule has 0 saturated carbocycles. The summed E-state index contributed by atoms with van der Waals surface area (Å²) in [6.07, 6.45) is 4.41. The zero-order chi connectivity index (χ0) is 22.6. The number of benzene rings is 2. The smallest absolute Gasteiger partial charge is 0.234 e. The van der Waals surface area contributed by atoms with Crippen LogP contribution in [0.4, 0.5) is 5.69 Å². The van der Waals surface area contributed by atoms with Crippen molar-refractivity contribution in [2.24, 2.45) is 0 Å². The van der Waals surface area contributed by atoms with Gasteiger partial charge in [-0.05, 0) is 42.0 Å². The number of anilines is 1. The van der Waals surface area contributed by atoms with Gasteiger partial charge in [0.05, 0.1) is 12.9 Å². The molecule has 168 valence electrons. The fraction of sp³-hybridized carbons (Fsp3) is 0.174. The quantitative estimate of drug-likeness (QED) is 0.400. The van der Waals surface area contributed by atoms with Crippen LogP contribution in [0.2, 0.25) is 0 Å². The maximum Gasteiger partial charge on any atom is 0.234 e. The highest BCUT2D eigenvalue weighted by molar-refractivity contribution is 7.99. The average Bonchev–Trinajstić information content (AvgIpc) is 3.59. The minimum Gasteiger partial charge on any atom is -0.497 e. The van der Waals surface area contributed by atoms with Gasteiger partial charge in [0.2, 0.25) is 17.9 Å². The molecule has 5 rings (SSSR count). The second-order valence-electron chi connectivity index (χ2n) is 7.20. The summed E-state index contributed by atoms with van der Waals surface area (Å²) in [5.74, 6) is 2.88. The Hall–Kier alpha value is -3.92. The second kappa shape index (κ2) is 9.29. The molecule has 0 saturated heterocycles. The van der Waals surface area contributed by atoms with Crippen molar-refractivity contribution >= 4 is 23.4 Å². The van der Waals surface area contributed by atoms with Crippen LogP contribution in [-0.4, -0.2) is 45.1 Å². The van der Waals surface area contributed by atoms with Crippen molar-refractivity contribution in [2.45, 2.75) is 11.6 Å². The first-order chi connectivity index (χ1) is 16.2. The first-order valence-corrected chi connectivity index (χ1v) is 11.2. The molecule has 10 heteroatoms. The van der Waals surface area contributed by atoms with Crippen molar-refractivity contribution in [3.63, 3.8) is 0 Å². The van der Waals surface area contributed by atoms with E-state index in [1.165, 1.54) is 11.8 Å². The molecule has 3 heterocycles. The van der Waals surface area contributed by atoms with Crippen LogP contribution in [0.1, 0.15) is 11.4 Å². The summed E-state index contributed by atoms with van der Waals surface area (Å²) in [4.78, 5) is 12.6. The molecule has 1 aliphatic heterocycles. The Morgan fingerprint density at radius 1 is 1.09 bits per heavy atom. The Morgan fingerprint density at radius 3 is 2.67 bits per heavy atom. The molecule has 33 heavy (non-hydrogen) atoms. The Labute approximate surface area is 194 Å². The van der Waals surface area contributed by atoms with E-state index < -0.39 is 0 Å². The van der Waals surface area contributed by atoms with Crippen LogP contribution in [0.15, 0.2) is 72.1 Å². The first-order valence-electron chi connectivity index (χ1n) is 10.2. The molecule has 0 bridgehead atoms. The third kappa shape index (κ3) is 4.65. The van der Waals surface area contributed by atoms with Crippen molar-refractivity contribution in [3.05, 3.63) is 78.4 Å². The van der Waals surface area contributed by atoms with Gasteiger partial charge in [0.25, 0.3) is 0 Å². The summed E-state index contributed by atoms with van der Waals surface area (Å²) in [5.41, 5.74) is 1.73. The van der Waals surface area contributed by atoms with E-state index in [0.29, 0.717) is 28.8 Å². The number of aromatic nitrogens is 4. The highest BCUT2D eigenvalue weighted by atomic mass is 32.2. The number of methoxy groups -OCH3 is 1. The molecule has 2 aromatic heterocycles. The van der Waals surface area contributed by atoms with Gasteiger partial charge >= 0.3 is 0 Å². The summed E-state index contributed by atoms with van der Waals surface area (Å²) < 4.78 is 19.7. The SMILES string of the molecule is COc1ccc(Cc2nnc(SCC(=O)Nc3ccc4c(c3)OCO4)n2-n2cccc2)cc1. The number of fused-ring (bicyclic) bond motifs is 1. The number of nitrogens with zero attached hydrogens (tertiary/aromatic N) is 4. The molecular weight excluding hydrogens is 442 g/mol. The monoisotopic (exact) mass is 463 g/mol. The Balaban J connectivity index is 1.30. The predicted octanol–water partition coefficient (Wildman–Crippen LogP) is 3.45. The number of thioether (sulfide) groups is 1. The number of hydrogen-bond donors (Lipinski definition) is 1. The number of ether oxygens (including phenoxy) is 3. The number of amides is 1. The molecule has 0 aliphatic carbocycles. The van der Waals surface area contributed by atoms with Crippen molar-refractivity contribution in [1.29, 1.82) is 0 Å². The Morgan fingerprint density at radius 2 is 1.88 bits per heavy atom. The molecule has 4 aromatic rings. The normalized spacial score (nSPS) is 12.0. The van der Waals surface area contributed by atoms with Crippen LogP contribution in [0.25, 0.3) is 0 Å². The first kappa shape index (κ1) is 21.0. The van der Waals surface area contributed by atoms with Crippen LogP contribution in [0, 0.1) is 0 Å². The molecule has 0 radical (unpaired) electrons. The third-order valence-corrected chi connectivity index (χ3v) is 5.93. The van der Waals surface area contributed by atoms with Gasteiger partial charge in [0.15, 0.2) is 17.3 Å². The van der Waals surface area contributed by atoms with Crippen LogP contribution < -0.4 is 19.5 Å². The van der Waals surface area contributed by atoms with Gasteiger partial charge < -0.3 is 19.5 Å². The third-order valence-electron chi connectivity index (χ3n) is 5.01. The Bertz CT molecular complexity index is 1250. The molecule has 1 aliphatic rings. The van der Waals surface area contributed by atoms with Gasteiger partial charge in [0.1, 0.15) is 5.75 Å². The minimum absolute atomic E-state index is 0.155. The van der Waals surface area contributed by atoms with E-state index in [1.807, 2.05) is 58.1 Å². The zero-order valence-corrected chi connectivity index (χ0v) is 18.6. The van der Waals surface area contributed by atoms with Crippen molar-refractivity contribution in [1.82, 2.24) is 19.5 Å². The number of hydrogen-bond acceptors (Lipinski definition) is 7. The lowest BCUT2D eigenvalue weighted by molar-refractivity contribution is -0.113. The summed E-state index contributed by atoms with van der Waals surface area (Å²) in [6, 6.07) is 17.0. The van der Waals surface area contributed by atoms with Crippen molar-refractivity contribution in [3.8, 4) is 17.2 Å². The summed E-state index contributed by atoms with van der Waals surface area (Å²) in [6.45, 7) is 0.191. The van der Waals surface area contributed by atoms with Crippen molar-refractivity contribution < 1.29 is 19.0 Å². The Kier molecular flexibility index (Phi) is 5.90. The second-order valence-corrected chi connectivity index (χ2v) is 8.15. The van der Waals surface area contributed by atoms with Crippen molar-refractivity contribution in [2.75, 3.05) is 25.0 Å². The van der Waals surface area contributed by atoms with Crippen LogP contribution >= 0.6 is 11.8 Å². The van der Waals surface area contributed by atoms with E-state index >= 15 is 0 Å². The molecule has 1 amide bonds. The maximum atomic E-state index is 12.6. The van der Waals surface area contributed by atoms with E-state index in [4.69, 9.17) is 14.2 Å². The van der Waals surface area contributed by atoms with Crippen LogP contribution in [-0.2, 0) is 11.2 Å². The number of nitrogens with one attached hydrogen (secondary N) is 1. The number of carbonyl (C=O) groups excluding carboxylic acids is 1. The summed E-state index contributed by atoms with van der Waals surface area (Å²) in [5, 5.41) is 12.2. The minimum atomic E-state index is -0.155. The lowest BCUT2D eigenvalue weighted by atomic mass is 10.1. The summed E-state index contributed by atoms with van der Waals surface area (Å²) >= 11 is 1.32. The molecule has 1 N–H and O–H groups in total. The van der Waals surface area contributed by atoms with Gasteiger partial charge in [-0.15, -0.1) is 10.2 Å². The van der Waals surface area contributed by atoms with Crippen LogP contribution in [0.3, 0.4) is 0 Å². The molecule has 0 unspecified atom stereocenters. The van der Waals surface area contributed by atoms with Gasteiger partial charge in [-0.25, -0.2) is 4.68 Å². The fourth-order valence-electron chi connectivity index (χ4n) is 3.41. The highest BCUT2D eigenvalue weighted by Gasteiger charge is 2.17. The fourth-order valence-corrected chi connectivity index (χ4v) is 4.17. The van der Waals surface area contributed by atoms with E-state index in [0.717, 1.165) is 17.1 Å². The number of rotatable bonds is 8. The molecule has 0 atom stereocenters. The van der Waals surface area contributed by atoms with E-state index in [2.05, 4.69) is 15.5 Å². The number of carbonyl (C=O) groups is 1. The average molecular weight is 464 g/mol.